The molecular formula is C29H32N2O3. The van der Waals surface area contributed by atoms with Gasteiger partial charge in [0.25, 0.3) is 5.91 Å². The molecule has 0 radical (unpaired) electrons. The fraction of sp³-hybridized carbons (Fsp3) is 0.310. The Morgan fingerprint density at radius 3 is 2.26 bits per heavy atom. The number of ether oxygens (including phenoxy) is 1. The lowest BCUT2D eigenvalue weighted by atomic mass is 10.0. The molecule has 5 heteroatoms. The SMILES string of the molecule is Cc1ccc(C)c(OC2CCN(C(=O)C(Cc3ccccc3)NC(=O)c3ccccc3)CC2)c1. The van der Waals surface area contributed by atoms with E-state index in [9.17, 15) is 9.59 Å². The third-order valence-electron chi connectivity index (χ3n) is 6.31. The predicted molar refractivity (Wildman–Crippen MR) is 134 cm³/mol. The molecule has 0 spiro atoms. The number of hydrogen-bond acceptors (Lipinski definition) is 3. The summed E-state index contributed by atoms with van der Waals surface area (Å²) in [6, 6.07) is 24.5. The van der Waals surface area contributed by atoms with Crippen molar-refractivity contribution in [1.29, 1.82) is 0 Å². The van der Waals surface area contributed by atoms with Crippen LogP contribution in [0, 0.1) is 13.8 Å². The second-order valence-corrected chi connectivity index (χ2v) is 8.99. The Kier molecular flexibility index (Phi) is 7.63. The van der Waals surface area contributed by atoms with E-state index in [2.05, 4.69) is 37.4 Å². The van der Waals surface area contributed by atoms with Gasteiger partial charge in [0.05, 0.1) is 0 Å². The van der Waals surface area contributed by atoms with Crippen LogP contribution in [-0.2, 0) is 11.2 Å². The van der Waals surface area contributed by atoms with E-state index in [0.29, 0.717) is 25.1 Å². The first-order valence-corrected chi connectivity index (χ1v) is 11.9. The van der Waals surface area contributed by atoms with E-state index in [1.54, 1.807) is 12.1 Å². The van der Waals surface area contributed by atoms with E-state index >= 15 is 0 Å². The van der Waals surface area contributed by atoms with Crippen LogP contribution in [0.5, 0.6) is 5.75 Å². The molecule has 1 aliphatic heterocycles. The molecule has 1 saturated heterocycles. The molecule has 176 valence electrons. The lowest BCUT2D eigenvalue weighted by Crippen LogP contribution is -2.52. The second-order valence-electron chi connectivity index (χ2n) is 8.99. The monoisotopic (exact) mass is 456 g/mol. The molecule has 5 nitrogen and oxygen atoms in total. The molecule has 1 aliphatic rings. The zero-order chi connectivity index (χ0) is 23.9. The van der Waals surface area contributed by atoms with Crippen molar-refractivity contribution >= 4 is 11.8 Å². The summed E-state index contributed by atoms with van der Waals surface area (Å²) in [4.78, 5) is 28.2. The molecule has 0 aromatic heterocycles. The number of likely N-dealkylation sites (tertiary alicyclic amines) is 1. The van der Waals surface area contributed by atoms with Crippen molar-refractivity contribution in [3.8, 4) is 5.75 Å². The van der Waals surface area contributed by atoms with Crippen LogP contribution in [0.15, 0.2) is 78.9 Å². The number of carbonyl (C=O) groups is 2. The van der Waals surface area contributed by atoms with Crippen molar-refractivity contribution in [3.63, 3.8) is 0 Å². The van der Waals surface area contributed by atoms with Crippen LogP contribution in [-0.4, -0.2) is 41.9 Å². The topological polar surface area (TPSA) is 58.6 Å². The first-order chi connectivity index (χ1) is 16.5. The highest BCUT2D eigenvalue weighted by atomic mass is 16.5. The molecule has 3 aromatic rings. The smallest absolute Gasteiger partial charge is 0.251 e. The highest BCUT2D eigenvalue weighted by molar-refractivity contribution is 5.97. The van der Waals surface area contributed by atoms with Crippen molar-refractivity contribution < 1.29 is 14.3 Å². The van der Waals surface area contributed by atoms with Gasteiger partial charge in [0.1, 0.15) is 17.9 Å². The van der Waals surface area contributed by atoms with E-state index in [-0.39, 0.29) is 17.9 Å². The Balaban J connectivity index is 1.41. The van der Waals surface area contributed by atoms with Gasteiger partial charge in [-0.3, -0.25) is 9.59 Å². The maximum absolute atomic E-state index is 13.5. The Morgan fingerprint density at radius 1 is 0.941 bits per heavy atom. The molecule has 2 amide bonds. The van der Waals surface area contributed by atoms with Crippen LogP contribution in [0.1, 0.15) is 39.9 Å². The van der Waals surface area contributed by atoms with Crippen molar-refractivity contribution in [2.24, 2.45) is 0 Å². The molecule has 1 heterocycles. The number of benzene rings is 3. The maximum Gasteiger partial charge on any atom is 0.251 e. The second kappa shape index (κ2) is 11.0. The fourth-order valence-corrected chi connectivity index (χ4v) is 4.31. The maximum atomic E-state index is 13.5. The average Bonchev–Trinajstić information content (AvgIpc) is 2.87. The summed E-state index contributed by atoms with van der Waals surface area (Å²) >= 11 is 0. The molecule has 1 N–H and O–H groups in total. The number of carbonyl (C=O) groups excluding carboxylic acids is 2. The number of hydrogen-bond donors (Lipinski definition) is 1. The highest BCUT2D eigenvalue weighted by Crippen LogP contribution is 2.24. The zero-order valence-electron chi connectivity index (χ0n) is 19.9. The van der Waals surface area contributed by atoms with Gasteiger partial charge in [0.15, 0.2) is 0 Å². The molecule has 0 aliphatic carbocycles. The van der Waals surface area contributed by atoms with Gasteiger partial charge in [0, 0.05) is 37.9 Å². The van der Waals surface area contributed by atoms with E-state index < -0.39 is 6.04 Å². The Morgan fingerprint density at radius 2 is 1.59 bits per heavy atom. The van der Waals surface area contributed by atoms with Crippen molar-refractivity contribution in [2.75, 3.05) is 13.1 Å². The van der Waals surface area contributed by atoms with Gasteiger partial charge in [-0.15, -0.1) is 0 Å². The van der Waals surface area contributed by atoms with E-state index in [1.807, 2.05) is 53.4 Å². The minimum Gasteiger partial charge on any atom is -0.490 e. The van der Waals surface area contributed by atoms with Crippen LogP contribution in [0.3, 0.4) is 0 Å². The molecule has 1 atom stereocenters. The normalized spacial score (nSPS) is 14.9. The summed E-state index contributed by atoms with van der Waals surface area (Å²) in [6.07, 6.45) is 2.07. The van der Waals surface area contributed by atoms with E-state index in [0.717, 1.165) is 29.7 Å². The van der Waals surface area contributed by atoms with Crippen molar-refractivity contribution in [2.45, 2.75) is 45.3 Å². The highest BCUT2D eigenvalue weighted by Gasteiger charge is 2.30. The Bertz CT molecular complexity index is 1110. The van der Waals surface area contributed by atoms with E-state index in [1.165, 1.54) is 5.56 Å². The summed E-state index contributed by atoms with van der Waals surface area (Å²) in [6.45, 7) is 5.34. The van der Waals surface area contributed by atoms with Gasteiger partial charge < -0.3 is 15.0 Å². The van der Waals surface area contributed by atoms with Gasteiger partial charge in [0.2, 0.25) is 5.91 Å². The van der Waals surface area contributed by atoms with Crippen LogP contribution in [0.2, 0.25) is 0 Å². The number of nitrogens with one attached hydrogen (secondary N) is 1. The molecule has 0 saturated carbocycles. The van der Waals surface area contributed by atoms with E-state index in [4.69, 9.17) is 4.74 Å². The summed E-state index contributed by atoms with van der Waals surface area (Å²) in [7, 11) is 0. The Labute approximate surface area is 201 Å². The predicted octanol–water partition coefficient (Wildman–Crippen LogP) is 4.71. The quantitative estimate of drug-likeness (QED) is 0.560. The largest absolute Gasteiger partial charge is 0.490 e. The van der Waals surface area contributed by atoms with Gasteiger partial charge in [-0.2, -0.15) is 0 Å². The molecule has 34 heavy (non-hydrogen) atoms. The van der Waals surface area contributed by atoms with Gasteiger partial charge in [-0.25, -0.2) is 0 Å². The Hall–Kier alpha value is -3.60. The minimum atomic E-state index is -0.619. The van der Waals surface area contributed by atoms with Crippen LogP contribution in [0.4, 0.5) is 0 Å². The van der Waals surface area contributed by atoms with Crippen LogP contribution in [0.25, 0.3) is 0 Å². The van der Waals surface area contributed by atoms with Crippen molar-refractivity contribution in [1.82, 2.24) is 10.2 Å². The van der Waals surface area contributed by atoms with Crippen LogP contribution >= 0.6 is 0 Å². The lowest BCUT2D eigenvalue weighted by Gasteiger charge is -2.35. The zero-order valence-corrected chi connectivity index (χ0v) is 19.9. The molecular weight excluding hydrogens is 424 g/mol. The standard InChI is InChI=1S/C29H32N2O3/c1-21-13-14-22(2)27(19-21)34-25-15-17-31(18-16-25)29(33)26(20-23-9-5-3-6-10-23)30-28(32)24-11-7-4-8-12-24/h3-14,19,25-26H,15-18,20H2,1-2H3,(H,30,32). The lowest BCUT2D eigenvalue weighted by molar-refractivity contribution is -0.135. The van der Waals surface area contributed by atoms with Gasteiger partial charge in [-0.05, 0) is 48.7 Å². The van der Waals surface area contributed by atoms with Crippen LogP contribution < -0.4 is 10.1 Å². The third-order valence-corrected chi connectivity index (χ3v) is 6.31. The molecule has 0 bridgehead atoms. The first-order valence-electron chi connectivity index (χ1n) is 11.9. The number of aryl methyl sites for hydroxylation is 2. The number of piperidine rings is 1. The first kappa shape index (κ1) is 23.6. The minimum absolute atomic E-state index is 0.0432. The number of amides is 2. The molecule has 4 rings (SSSR count). The molecule has 1 unspecified atom stereocenters. The fourth-order valence-electron chi connectivity index (χ4n) is 4.31. The number of nitrogens with zero attached hydrogens (tertiary/aromatic N) is 1. The summed E-state index contributed by atoms with van der Waals surface area (Å²) in [5, 5.41) is 2.98. The molecule has 1 fully saturated rings. The summed E-state index contributed by atoms with van der Waals surface area (Å²) < 4.78 is 6.27. The average molecular weight is 457 g/mol. The molecule has 3 aromatic carbocycles. The summed E-state index contributed by atoms with van der Waals surface area (Å²) in [5.74, 6) is 0.642. The third kappa shape index (κ3) is 6.04. The van der Waals surface area contributed by atoms with Crippen molar-refractivity contribution in [3.05, 3.63) is 101 Å². The van der Waals surface area contributed by atoms with Gasteiger partial charge in [-0.1, -0.05) is 60.7 Å². The van der Waals surface area contributed by atoms with Gasteiger partial charge >= 0.3 is 0 Å². The number of rotatable bonds is 7. The summed E-state index contributed by atoms with van der Waals surface area (Å²) in [5.41, 5.74) is 3.86.